The third kappa shape index (κ3) is 4.03. The minimum absolute atomic E-state index is 0.0845. The SMILES string of the molecule is CCOC(CC)(CC)C(Cc1cc(Br)ccc1F)NC. The van der Waals surface area contributed by atoms with Crippen molar-refractivity contribution in [2.45, 2.75) is 51.7 Å². The lowest BCUT2D eigenvalue weighted by atomic mass is 9.84. The molecule has 1 aromatic carbocycles. The molecule has 1 unspecified atom stereocenters. The van der Waals surface area contributed by atoms with Gasteiger partial charge in [-0.15, -0.1) is 0 Å². The van der Waals surface area contributed by atoms with E-state index in [9.17, 15) is 4.39 Å². The fourth-order valence-electron chi connectivity index (χ4n) is 2.81. The number of likely N-dealkylation sites (N-methyl/N-ethyl adjacent to an activating group) is 1. The lowest BCUT2D eigenvalue weighted by Crippen LogP contribution is -2.52. The van der Waals surface area contributed by atoms with Gasteiger partial charge in [0.2, 0.25) is 0 Å². The standard InChI is InChI=1S/C16H25BrFNO/c1-5-16(6-2,20-7-3)15(19-4)11-12-10-13(17)8-9-14(12)18/h8-10,15,19H,5-7,11H2,1-4H3. The number of rotatable bonds is 8. The summed E-state index contributed by atoms with van der Waals surface area (Å²) in [6.45, 7) is 6.93. The van der Waals surface area contributed by atoms with Crippen molar-refractivity contribution in [2.24, 2.45) is 0 Å². The van der Waals surface area contributed by atoms with E-state index >= 15 is 0 Å². The summed E-state index contributed by atoms with van der Waals surface area (Å²) >= 11 is 3.41. The molecule has 0 spiro atoms. The number of halogens is 2. The summed E-state index contributed by atoms with van der Waals surface area (Å²) in [5, 5.41) is 3.32. The zero-order valence-electron chi connectivity index (χ0n) is 12.8. The van der Waals surface area contributed by atoms with Gasteiger partial charge in [-0.2, -0.15) is 0 Å². The van der Waals surface area contributed by atoms with E-state index in [4.69, 9.17) is 4.74 Å². The Morgan fingerprint density at radius 3 is 2.45 bits per heavy atom. The van der Waals surface area contributed by atoms with E-state index in [-0.39, 0.29) is 17.5 Å². The zero-order valence-corrected chi connectivity index (χ0v) is 14.4. The minimum Gasteiger partial charge on any atom is -0.374 e. The first-order valence-electron chi connectivity index (χ1n) is 7.28. The number of hydrogen-bond acceptors (Lipinski definition) is 2. The van der Waals surface area contributed by atoms with Crippen LogP contribution in [-0.4, -0.2) is 25.3 Å². The molecule has 2 nitrogen and oxygen atoms in total. The molecule has 20 heavy (non-hydrogen) atoms. The van der Waals surface area contributed by atoms with Crippen molar-refractivity contribution < 1.29 is 9.13 Å². The highest BCUT2D eigenvalue weighted by molar-refractivity contribution is 9.10. The van der Waals surface area contributed by atoms with Gasteiger partial charge in [-0.05, 0) is 57.0 Å². The Hall–Kier alpha value is -0.450. The monoisotopic (exact) mass is 345 g/mol. The maximum absolute atomic E-state index is 14.0. The van der Waals surface area contributed by atoms with Gasteiger partial charge in [-0.25, -0.2) is 4.39 Å². The molecule has 0 fully saturated rings. The second kappa shape index (κ2) is 8.11. The molecular weight excluding hydrogens is 321 g/mol. The van der Waals surface area contributed by atoms with Crippen LogP contribution >= 0.6 is 15.9 Å². The molecule has 1 aromatic rings. The molecule has 1 rings (SSSR count). The second-order valence-electron chi connectivity index (χ2n) is 4.99. The van der Waals surface area contributed by atoms with E-state index in [0.29, 0.717) is 18.6 Å². The molecule has 0 aliphatic heterocycles. The maximum atomic E-state index is 14.0. The molecule has 0 saturated carbocycles. The lowest BCUT2D eigenvalue weighted by Gasteiger charge is -2.39. The van der Waals surface area contributed by atoms with Crippen molar-refractivity contribution in [3.8, 4) is 0 Å². The maximum Gasteiger partial charge on any atom is 0.126 e. The van der Waals surface area contributed by atoms with E-state index in [2.05, 4.69) is 35.1 Å². The molecule has 0 aliphatic rings. The Labute approximate surface area is 130 Å². The van der Waals surface area contributed by atoms with E-state index in [1.807, 2.05) is 20.0 Å². The number of ether oxygens (including phenoxy) is 1. The summed E-state index contributed by atoms with van der Waals surface area (Å²) < 4.78 is 20.9. The van der Waals surface area contributed by atoms with Crippen molar-refractivity contribution in [3.05, 3.63) is 34.1 Å². The predicted octanol–water partition coefficient (Wildman–Crippen LogP) is 4.31. The molecule has 0 radical (unpaired) electrons. The first-order chi connectivity index (χ1) is 9.52. The Morgan fingerprint density at radius 2 is 1.95 bits per heavy atom. The molecule has 0 amide bonds. The molecule has 1 atom stereocenters. The van der Waals surface area contributed by atoms with Gasteiger partial charge in [-0.3, -0.25) is 0 Å². The third-order valence-electron chi connectivity index (χ3n) is 4.04. The zero-order chi connectivity index (χ0) is 15.2. The van der Waals surface area contributed by atoms with E-state index in [1.54, 1.807) is 6.07 Å². The molecule has 1 N–H and O–H groups in total. The highest BCUT2D eigenvalue weighted by Gasteiger charge is 2.35. The summed E-state index contributed by atoms with van der Waals surface area (Å²) in [5.41, 5.74) is 0.461. The predicted molar refractivity (Wildman–Crippen MR) is 85.6 cm³/mol. The van der Waals surface area contributed by atoms with Crippen LogP contribution in [0.3, 0.4) is 0 Å². The summed E-state index contributed by atoms with van der Waals surface area (Å²) in [6.07, 6.45) is 2.42. The van der Waals surface area contributed by atoms with Gasteiger partial charge in [0, 0.05) is 17.1 Å². The van der Waals surface area contributed by atoms with E-state index in [0.717, 1.165) is 17.3 Å². The van der Waals surface area contributed by atoms with Crippen LogP contribution in [0.1, 0.15) is 39.2 Å². The molecular formula is C16H25BrFNO. The molecule has 114 valence electrons. The topological polar surface area (TPSA) is 21.3 Å². The molecule has 0 heterocycles. The average Bonchev–Trinajstić information content (AvgIpc) is 2.46. The summed E-state index contributed by atoms with van der Waals surface area (Å²) in [6, 6.07) is 5.16. The van der Waals surface area contributed by atoms with Gasteiger partial charge in [0.25, 0.3) is 0 Å². The highest BCUT2D eigenvalue weighted by atomic mass is 79.9. The largest absolute Gasteiger partial charge is 0.374 e. The van der Waals surface area contributed by atoms with Crippen LogP contribution in [0.25, 0.3) is 0 Å². The van der Waals surface area contributed by atoms with E-state index in [1.165, 1.54) is 6.07 Å². The summed E-state index contributed by atoms with van der Waals surface area (Å²) in [5.74, 6) is -0.161. The summed E-state index contributed by atoms with van der Waals surface area (Å²) in [4.78, 5) is 0. The van der Waals surface area contributed by atoms with Gasteiger partial charge < -0.3 is 10.1 Å². The van der Waals surface area contributed by atoms with E-state index < -0.39 is 0 Å². The first kappa shape index (κ1) is 17.6. The Balaban J connectivity index is 3.02. The van der Waals surface area contributed by atoms with Gasteiger partial charge in [0.1, 0.15) is 5.82 Å². The number of nitrogens with one attached hydrogen (secondary N) is 1. The molecule has 0 aliphatic carbocycles. The molecule has 4 heteroatoms. The summed E-state index contributed by atoms with van der Waals surface area (Å²) in [7, 11) is 1.92. The van der Waals surface area contributed by atoms with Crippen molar-refractivity contribution in [1.82, 2.24) is 5.32 Å². The van der Waals surface area contributed by atoms with Crippen molar-refractivity contribution >= 4 is 15.9 Å². The van der Waals surface area contributed by atoms with Gasteiger partial charge in [0.05, 0.1) is 5.60 Å². The normalized spacial score (nSPS) is 13.5. The Bertz CT molecular complexity index is 421. The number of benzene rings is 1. The van der Waals surface area contributed by atoms with Crippen molar-refractivity contribution in [1.29, 1.82) is 0 Å². The van der Waals surface area contributed by atoms with Crippen LogP contribution in [0.4, 0.5) is 4.39 Å². The van der Waals surface area contributed by atoms with Crippen LogP contribution in [0.15, 0.2) is 22.7 Å². The molecule has 0 saturated heterocycles. The van der Waals surface area contributed by atoms with Crippen LogP contribution in [-0.2, 0) is 11.2 Å². The lowest BCUT2D eigenvalue weighted by molar-refractivity contribution is -0.0705. The third-order valence-corrected chi connectivity index (χ3v) is 4.54. The minimum atomic E-state index is -0.252. The Morgan fingerprint density at radius 1 is 1.30 bits per heavy atom. The van der Waals surface area contributed by atoms with Gasteiger partial charge in [0.15, 0.2) is 0 Å². The van der Waals surface area contributed by atoms with Crippen molar-refractivity contribution in [2.75, 3.05) is 13.7 Å². The number of hydrogen-bond donors (Lipinski definition) is 1. The van der Waals surface area contributed by atoms with Crippen molar-refractivity contribution in [3.63, 3.8) is 0 Å². The molecule has 0 bridgehead atoms. The fourth-order valence-corrected chi connectivity index (χ4v) is 3.21. The van der Waals surface area contributed by atoms with Gasteiger partial charge >= 0.3 is 0 Å². The van der Waals surface area contributed by atoms with Crippen LogP contribution < -0.4 is 5.32 Å². The van der Waals surface area contributed by atoms with Crippen LogP contribution in [0, 0.1) is 5.82 Å². The highest BCUT2D eigenvalue weighted by Crippen LogP contribution is 2.28. The molecule has 0 aromatic heterocycles. The smallest absolute Gasteiger partial charge is 0.126 e. The van der Waals surface area contributed by atoms with Gasteiger partial charge in [-0.1, -0.05) is 29.8 Å². The quantitative estimate of drug-likeness (QED) is 0.757. The first-order valence-corrected chi connectivity index (χ1v) is 8.07. The second-order valence-corrected chi connectivity index (χ2v) is 5.90. The Kier molecular flexibility index (Phi) is 7.13. The fraction of sp³-hybridized carbons (Fsp3) is 0.625. The van der Waals surface area contributed by atoms with Crippen LogP contribution in [0.5, 0.6) is 0 Å². The average molecular weight is 346 g/mol. The van der Waals surface area contributed by atoms with Crippen LogP contribution in [0.2, 0.25) is 0 Å².